The standard InChI is InChI=1S/C24H24N2O5/c1-14-7-9-19-17(11-14)18-12-15(8-10-20(18)25-19)24(29)31-13-22(27)26-23(28)16-5-3-4-6-21(16)30-2/h3-6,8,10,12,14,25H,7,9,11,13H2,1-2H3,(H,26,27,28). The van der Waals surface area contributed by atoms with Gasteiger partial charge in [-0.05, 0) is 61.1 Å². The number of fused-ring (bicyclic) bond motifs is 3. The molecule has 1 heterocycles. The zero-order valence-electron chi connectivity index (χ0n) is 17.5. The Morgan fingerprint density at radius 2 is 1.97 bits per heavy atom. The number of H-pyrrole nitrogens is 1. The number of carbonyl (C=O) groups excluding carboxylic acids is 3. The number of amides is 2. The Hall–Kier alpha value is -3.61. The fourth-order valence-electron chi connectivity index (χ4n) is 3.99. The molecule has 1 atom stereocenters. The highest BCUT2D eigenvalue weighted by Gasteiger charge is 2.21. The average Bonchev–Trinajstić information content (AvgIpc) is 3.14. The number of methoxy groups -OCH3 is 1. The van der Waals surface area contributed by atoms with Gasteiger partial charge >= 0.3 is 5.97 Å². The van der Waals surface area contributed by atoms with E-state index in [0.717, 1.165) is 30.2 Å². The van der Waals surface area contributed by atoms with E-state index in [1.54, 1.807) is 30.3 Å². The molecule has 0 aliphatic heterocycles. The van der Waals surface area contributed by atoms with Crippen LogP contribution >= 0.6 is 0 Å². The van der Waals surface area contributed by atoms with Gasteiger partial charge < -0.3 is 14.5 Å². The van der Waals surface area contributed by atoms with Crippen LogP contribution in [0.3, 0.4) is 0 Å². The summed E-state index contributed by atoms with van der Waals surface area (Å²) in [6.45, 7) is 1.67. The van der Waals surface area contributed by atoms with Crippen LogP contribution in [-0.2, 0) is 22.4 Å². The molecule has 0 saturated heterocycles. The molecule has 31 heavy (non-hydrogen) atoms. The number of esters is 1. The minimum absolute atomic E-state index is 0.224. The molecule has 1 aliphatic carbocycles. The largest absolute Gasteiger partial charge is 0.496 e. The van der Waals surface area contributed by atoms with Crippen molar-refractivity contribution in [2.75, 3.05) is 13.7 Å². The highest BCUT2D eigenvalue weighted by atomic mass is 16.5. The summed E-state index contributed by atoms with van der Waals surface area (Å²) < 4.78 is 10.2. The fourth-order valence-corrected chi connectivity index (χ4v) is 3.99. The molecule has 4 rings (SSSR count). The second-order valence-electron chi connectivity index (χ2n) is 7.84. The van der Waals surface area contributed by atoms with Gasteiger partial charge in [-0.1, -0.05) is 19.1 Å². The highest BCUT2D eigenvalue weighted by Crippen LogP contribution is 2.32. The molecule has 0 spiro atoms. The van der Waals surface area contributed by atoms with E-state index in [1.165, 1.54) is 18.4 Å². The second-order valence-corrected chi connectivity index (χ2v) is 7.84. The number of ether oxygens (including phenoxy) is 2. The first-order chi connectivity index (χ1) is 15.0. The van der Waals surface area contributed by atoms with Gasteiger partial charge in [-0.3, -0.25) is 14.9 Å². The molecule has 3 aromatic rings. The molecule has 7 nitrogen and oxygen atoms in total. The molecule has 1 aliphatic rings. The maximum atomic E-state index is 12.5. The lowest BCUT2D eigenvalue weighted by molar-refractivity contribution is -0.123. The van der Waals surface area contributed by atoms with Gasteiger partial charge in [0.2, 0.25) is 0 Å². The van der Waals surface area contributed by atoms with Crippen LogP contribution in [0.5, 0.6) is 5.75 Å². The first kappa shape index (κ1) is 20.7. The molecule has 1 aromatic heterocycles. The number of imide groups is 1. The van der Waals surface area contributed by atoms with E-state index >= 15 is 0 Å². The summed E-state index contributed by atoms with van der Waals surface area (Å²) in [7, 11) is 1.44. The van der Waals surface area contributed by atoms with E-state index in [9.17, 15) is 14.4 Å². The smallest absolute Gasteiger partial charge is 0.338 e. The zero-order chi connectivity index (χ0) is 22.0. The second kappa shape index (κ2) is 8.63. The number of aromatic nitrogens is 1. The molecular formula is C24H24N2O5. The molecule has 0 saturated carbocycles. The van der Waals surface area contributed by atoms with Crippen molar-refractivity contribution in [3.05, 3.63) is 64.8 Å². The summed E-state index contributed by atoms with van der Waals surface area (Å²) in [4.78, 5) is 40.3. The third kappa shape index (κ3) is 4.30. The van der Waals surface area contributed by atoms with Gasteiger partial charge in [-0.15, -0.1) is 0 Å². The van der Waals surface area contributed by atoms with Crippen LogP contribution in [0.2, 0.25) is 0 Å². The molecule has 160 valence electrons. The van der Waals surface area contributed by atoms with E-state index in [4.69, 9.17) is 9.47 Å². The number of aromatic amines is 1. The summed E-state index contributed by atoms with van der Waals surface area (Å²) in [5, 5.41) is 3.23. The van der Waals surface area contributed by atoms with Crippen molar-refractivity contribution in [1.82, 2.24) is 10.3 Å². The van der Waals surface area contributed by atoms with Crippen LogP contribution < -0.4 is 10.1 Å². The third-order valence-corrected chi connectivity index (χ3v) is 5.61. The number of hydrogen-bond acceptors (Lipinski definition) is 5. The van der Waals surface area contributed by atoms with Crippen molar-refractivity contribution in [3.8, 4) is 5.75 Å². The summed E-state index contributed by atoms with van der Waals surface area (Å²) in [5.41, 5.74) is 4.07. The van der Waals surface area contributed by atoms with Crippen LogP contribution in [-0.4, -0.2) is 36.5 Å². The van der Waals surface area contributed by atoms with Crippen LogP contribution in [0.1, 0.15) is 45.3 Å². The third-order valence-electron chi connectivity index (χ3n) is 5.61. The number of hydrogen-bond donors (Lipinski definition) is 2. The van der Waals surface area contributed by atoms with E-state index in [1.807, 2.05) is 12.1 Å². The highest BCUT2D eigenvalue weighted by molar-refractivity contribution is 6.07. The van der Waals surface area contributed by atoms with Crippen molar-refractivity contribution in [2.24, 2.45) is 5.92 Å². The van der Waals surface area contributed by atoms with Gasteiger partial charge in [-0.2, -0.15) is 0 Å². The normalized spacial score (nSPS) is 15.2. The quantitative estimate of drug-likeness (QED) is 0.617. The Morgan fingerprint density at radius 3 is 2.77 bits per heavy atom. The number of para-hydroxylation sites is 1. The molecule has 7 heteroatoms. The molecule has 1 unspecified atom stereocenters. The SMILES string of the molecule is COc1ccccc1C(=O)NC(=O)COC(=O)c1ccc2[nH]c3c(c2c1)CC(C)CC3. The number of rotatable bonds is 5. The van der Waals surface area contributed by atoms with E-state index in [-0.39, 0.29) is 5.56 Å². The molecule has 2 amide bonds. The van der Waals surface area contributed by atoms with Gasteiger partial charge in [0, 0.05) is 16.6 Å². The lowest BCUT2D eigenvalue weighted by atomic mass is 9.87. The maximum Gasteiger partial charge on any atom is 0.338 e. The van der Waals surface area contributed by atoms with E-state index in [2.05, 4.69) is 17.2 Å². The van der Waals surface area contributed by atoms with Crippen LogP contribution in [0, 0.1) is 5.92 Å². The number of aryl methyl sites for hydroxylation is 1. The zero-order valence-corrected chi connectivity index (χ0v) is 17.5. The molecule has 0 radical (unpaired) electrons. The Labute approximate surface area is 179 Å². The molecular weight excluding hydrogens is 396 g/mol. The molecule has 2 aromatic carbocycles. The van der Waals surface area contributed by atoms with Gasteiger partial charge in [-0.25, -0.2) is 4.79 Å². The summed E-state index contributed by atoms with van der Waals surface area (Å²) in [6, 6.07) is 11.9. The maximum absolute atomic E-state index is 12.5. The van der Waals surface area contributed by atoms with Crippen molar-refractivity contribution in [1.29, 1.82) is 0 Å². The fraction of sp³-hybridized carbons (Fsp3) is 0.292. The minimum atomic E-state index is -0.710. The van der Waals surface area contributed by atoms with Crippen LogP contribution in [0.15, 0.2) is 42.5 Å². The summed E-state index contributed by atoms with van der Waals surface area (Å²) in [6.07, 6.45) is 3.13. The average molecular weight is 420 g/mol. The van der Waals surface area contributed by atoms with Gasteiger partial charge in [0.25, 0.3) is 11.8 Å². The lowest BCUT2D eigenvalue weighted by Gasteiger charge is -2.18. The Balaban J connectivity index is 1.40. The summed E-state index contributed by atoms with van der Waals surface area (Å²) in [5.74, 6) is -0.986. The Bertz CT molecular complexity index is 1160. The monoisotopic (exact) mass is 420 g/mol. The van der Waals surface area contributed by atoms with Crippen LogP contribution in [0.4, 0.5) is 0 Å². The van der Waals surface area contributed by atoms with E-state index < -0.39 is 24.4 Å². The topological polar surface area (TPSA) is 97.5 Å². The molecule has 0 fully saturated rings. The minimum Gasteiger partial charge on any atom is -0.496 e. The van der Waals surface area contributed by atoms with Crippen LogP contribution in [0.25, 0.3) is 10.9 Å². The van der Waals surface area contributed by atoms with Crippen molar-refractivity contribution >= 4 is 28.7 Å². The molecule has 2 N–H and O–H groups in total. The van der Waals surface area contributed by atoms with Gasteiger partial charge in [0.1, 0.15) is 5.75 Å². The van der Waals surface area contributed by atoms with Gasteiger partial charge in [0.05, 0.1) is 18.2 Å². The van der Waals surface area contributed by atoms with Crippen molar-refractivity contribution in [3.63, 3.8) is 0 Å². The lowest BCUT2D eigenvalue weighted by Crippen LogP contribution is -2.34. The van der Waals surface area contributed by atoms with Crippen molar-refractivity contribution in [2.45, 2.75) is 26.2 Å². The number of carbonyl (C=O) groups is 3. The Kier molecular flexibility index (Phi) is 5.75. The van der Waals surface area contributed by atoms with Gasteiger partial charge in [0.15, 0.2) is 6.61 Å². The predicted molar refractivity (Wildman–Crippen MR) is 115 cm³/mol. The Morgan fingerprint density at radius 1 is 1.16 bits per heavy atom. The number of nitrogens with one attached hydrogen (secondary N) is 2. The first-order valence-corrected chi connectivity index (χ1v) is 10.2. The van der Waals surface area contributed by atoms with E-state index in [0.29, 0.717) is 17.2 Å². The molecule has 0 bridgehead atoms. The first-order valence-electron chi connectivity index (χ1n) is 10.2. The summed E-state index contributed by atoms with van der Waals surface area (Å²) >= 11 is 0. The van der Waals surface area contributed by atoms with Crippen molar-refractivity contribution < 1.29 is 23.9 Å². The number of benzene rings is 2. The predicted octanol–water partition coefficient (Wildman–Crippen LogP) is 3.41.